The van der Waals surface area contributed by atoms with Crippen molar-refractivity contribution in [2.75, 3.05) is 11.5 Å². The van der Waals surface area contributed by atoms with Gasteiger partial charge in [-0.05, 0) is 41.9 Å². The van der Waals surface area contributed by atoms with E-state index >= 15 is 0 Å². The number of hydrogen-bond donors (Lipinski definition) is 2. The molecule has 0 unspecified atom stereocenters. The smallest absolute Gasteiger partial charge is 0.137 e. The second kappa shape index (κ2) is 8.03. The van der Waals surface area contributed by atoms with Gasteiger partial charge in [0.1, 0.15) is 17.3 Å². The lowest BCUT2D eigenvalue weighted by Gasteiger charge is -2.59. The Morgan fingerprint density at radius 2 is 1.72 bits per heavy atom. The summed E-state index contributed by atoms with van der Waals surface area (Å²) < 4.78 is -0.0650. The summed E-state index contributed by atoms with van der Waals surface area (Å²) >= 11 is 3.91. The van der Waals surface area contributed by atoms with E-state index in [-0.39, 0.29) is 32.8 Å². The molecule has 1 saturated heterocycles. The minimum atomic E-state index is -0.0686. The highest BCUT2D eigenvalue weighted by Crippen LogP contribution is 2.65. The van der Waals surface area contributed by atoms with Crippen LogP contribution in [0, 0.1) is 17.3 Å². The largest absolute Gasteiger partial charge is 0.508 e. The number of carbonyl (C=O) groups is 1. The molecule has 4 fully saturated rings. The van der Waals surface area contributed by atoms with Gasteiger partial charge in [0.15, 0.2) is 0 Å². The molecule has 0 amide bonds. The van der Waals surface area contributed by atoms with Gasteiger partial charge in [-0.3, -0.25) is 4.79 Å². The van der Waals surface area contributed by atoms with E-state index in [0.29, 0.717) is 23.7 Å². The summed E-state index contributed by atoms with van der Waals surface area (Å²) in [6, 6.07) is 3.78. The van der Waals surface area contributed by atoms with Crippen molar-refractivity contribution in [2.24, 2.45) is 17.3 Å². The molecule has 1 aliphatic heterocycles. The molecule has 2 bridgehead atoms. The van der Waals surface area contributed by atoms with Crippen LogP contribution in [0.25, 0.3) is 0 Å². The average molecular weight is 435 g/mol. The summed E-state index contributed by atoms with van der Waals surface area (Å²) in [6.45, 7) is 6.55. The maximum absolute atomic E-state index is 12.6. The van der Waals surface area contributed by atoms with Gasteiger partial charge in [-0.25, -0.2) is 0 Å². The van der Waals surface area contributed by atoms with Crippen LogP contribution in [0.1, 0.15) is 82.8 Å². The number of thioether (sulfide) groups is 2. The first-order chi connectivity index (χ1) is 13.8. The SMILES string of the molecule is CCCCCCC1(c2cc(O)c([C@@H]3CC(=O)[C@H]4C[C@@H]3C4(C)C)c(O)c2)SCCS1. The molecule has 1 aromatic rings. The number of aromatic hydroxyl groups is 2. The molecule has 0 aromatic heterocycles. The van der Waals surface area contributed by atoms with E-state index in [2.05, 4.69) is 20.8 Å². The Kier molecular flexibility index (Phi) is 5.93. The van der Waals surface area contributed by atoms with Gasteiger partial charge in [0.25, 0.3) is 0 Å². The summed E-state index contributed by atoms with van der Waals surface area (Å²) in [5.74, 6) is 3.31. The third-order valence-corrected chi connectivity index (χ3v) is 11.3. The molecule has 4 aliphatic rings. The highest BCUT2D eigenvalue weighted by molar-refractivity contribution is 8.20. The molecule has 5 heteroatoms. The fourth-order valence-corrected chi connectivity index (χ4v) is 9.22. The first-order valence-corrected chi connectivity index (χ1v) is 13.1. The summed E-state index contributed by atoms with van der Waals surface area (Å²) in [4.78, 5) is 12.6. The van der Waals surface area contributed by atoms with Crippen molar-refractivity contribution in [2.45, 2.75) is 75.7 Å². The zero-order chi connectivity index (χ0) is 20.8. The van der Waals surface area contributed by atoms with Gasteiger partial charge in [0, 0.05) is 35.3 Å². The third-order valence-electron chi connectivity index (χ3n) is 7.70. The van der Waals surface area contributed by atoms with Crippen molar-refractivity contribution in [1.29, 1.82) is 0 Å². The van der Waals surface area contributed by atoms with Gasteiger partial charge < -0.3 is 10.2 Å². The zero-order valence-electron chi connectivity index (χ0n) is 17.9. The van der Waals surface area contributed by atoms with E-state index in [1.807, 2.05) is 35.7 Å². The lowest BCUT2D eigenvalue weighted by molar-refractivity contribution is -0.151. The number of Topliss-reactive ketones (excluding diaryl/α,β-unsaturated/α-hetero) is 1. The normalized spacial score (nSPS) is 29.6. The van der Waals surface area contributed by atoms with Crippen LogP contribution < -0.4 is 0 Å². The Morgan fingerprint density at radius 1 is 1.07 bits per heavy atom. The summed E-state index contributed by atoms with van der Waals surface area (Å²) in [7, 11) is 0. The summed E-state index contributed by atoms with van der Waals surface area (Å²) in [5.41, 5.74) is 1.61. The number of rotatable bonds is 7. The molecular weight excluding hydrogens is 400 g/mol. The van der Waals surface area contributed by atoms with E-state index in [1.54, 1.807) is 0 Å². The molecule has 5 rings (SSSR count). The van der Waals surface area contributed by atoms with Gasteiger partial charge in [0.2, 0.25) is 0 Å². The van der Waals surface area contributed by atoms with Crippen LogP contribution in [0.3, 0.4) is 0 Å². The predicted octanol–water partition coefficient (Wildman–Crippen LogP) is 6.42. The van der Waals surface area contributed by atoms with E-state index in [9.17, 15) is 15.0 Å². The molecule has 3 atom stereocenters. The van der Waals surface area contributed by atoms with Crippen molar-refractivity contribution in [3.8, 4) is 11.5 Å². The minimum absolute atomic E-state index is 0.0325. The molecule has 29 heavy (non-hydrogen) atoms. The van der Waals surface area contributed by atoms with E-state index in [4.69, 9.17) is 0 Å². The van der Waals surface area contributed by atoms with Crippen molar-refractivity contribution in [3.63, 3.8) is 0 Å². The second-order valence-corrected chi connectivity index (χ2v) is 12.7. The highest BCUT2D eigenvalue weighted by Gasteiger charge is 2.59. The highest BCUT2D eigenvalue weighted by atomic mass is 32.2. The first-order valence-electron chi connectivity index (χ1n) is 11.2. The van der Waals surface area contributed by atoms with Crippen LogP contribution in [-0.4, -0.2) is 27.5 Å². The van der Waals surface area contributed by atoms with Crippen LogP contribution in [0.15, 0.2) is 12.1 Å². The maximum Gasteiger partial charge on any atom is 0.137 e. The standard InChI is InChI=1S/C24H34O3S2/c1-4-5-6-7-8-24(28-9-10-29-24)15-11-20(26)22(21(27)12-15)16-13-19(25)18-14-17(16)23(18,2)3/h11-12,16-18,26-27H,4-10,13-14H2,1-3H3/t16-,17+,18-/m1/s1. The maximum atomic E-state index is 12.6. The number of phenolic OH excluding ortho intramolecular Hbond substituents is 2. The minimum Gasteiger partial charge on any atom is -0.508 e. The molecule has 3 aliphatic carbocycles. The Hall–Kier alpha value is -0.810. The molecule has 1 aromatic carbocycles. The molecule has 0 radical (unpaired) electrons. The van der Waals surface area contributed by atoms with Gasteiger partial charge in [-0.15, -0.1) is 23.5 Å². The van der Waals surface area contributed by atoms with Crippen molar-refractivity contribution in [1.82, 2.24) is 0 Å². The Balaban J connectivity index is 1.62. The summed E-state index contributed by atoms with van der Waals surface area (Å²) in [6.07, 6.45) is 7.30. The monoisotopic (exact) mass is 434 g/mol. The molecule has 2 N–H and O–H groups in total. The van der Waals surface area contributed by atoms with Gasteiger partial charge in [-0.2, -0.15) is 0 Å². The van der Waals surface area contributed by atoms with E-state index < -0.39 is 0 Å². The average Bonchev–Trinajstić information content (AvgIpc) is 3.14. The van der Waals surface area contributed by atoms with Crippen molar-refractivity contribution >= 4 is 29.3 Å². The quantitative estimate of drug-likeness (QED) is 0.485. The zero-order valence-corrected chi connectivity index (χ0v) is 19.5. The lowest BCUT2D eigenvalue weighted by Crippen LogP contribution is -2.56. The van der Waals surface area contributed by atoms with Crippen LogP contribution in [-0.2, 0) is 8.87 Å². The van der Waals surface area contributed by atoms with Gasteiger partial charge in [0.05, 0.1) is 4.08 Å². The number of ketones is 1. The molecule has 3 nitrogen and oxygen atoms in total. The molecule has 3 saturated carbocycles. The molecule has 1 heterocycles. The number of phenols is 2. The Morgan fingerprint density at radius 3 is 2.28 bits per heavy atom. The first kappa shape index (κ1) is 21.4. The molecule has 160 valence electrons. The number of carbonyl (C=O) groups excluding carboxylic acids is 1. The number of hydrogen-bond acceptors (Lipinski definition) is 5. The second-order valence-electron chi connectivity index (χ2n) is 9.68. The fourth-order valence-electron chi connectivity index (χ4n) is 5.91. The van der Waals surface area contributed by atoms with Crippen LogP contribution in [0.2, 0.25) is 0 Å². The Labute approximate surface area is 183 Å². The Bertz CT molecular complexity index is 759. The third kappa shape index (κ3) is 3.60. The van der Waals surface area contributed by atoms with Crippen LogP contribution >= 0.6 is 23.5 Å². The lowest BCUT2D eigenvalue weighted by atomic mass is 9.44. The predicted molar refractivity (Wildman–Crippen MR) is 123 cm³/mol. The topological polar surface area (TPSA) is 57.5 Å². The van der Waals surface area contributed by atoms with Gasteiger partial charge in [-0.1, -0.05) is 46.5 Å². The van der Waals surface area contributed by atoms with E-state index in [0.717, 1.165) is 29.9 Å². The summed E-state index contributed by atoms with van der Waals surface area (Å²) in [5, 5.41) is 22.0. The fraction of sp³-hybridized carbons (Fsp3) is 0.708. The number of benzene rings is 1. The van der Waals surface area contributed by atoms with Crippen molar-refractivity contribution in [3.05, 3.63) is 23.3 Å². The van der Waals surface area contributed by atoms with Crippen LogP contribution in [0.5, 0.6) is 11.5 Å². The number of fused-ring (bicyclic) bond motifs is 2. The van der Waals surface area contributed by atoms with Crippen molar-refractivity contribution < 1.29 is 15.0 Å². The molecule has 0 spiro atoms. The number of unbranched alkanes of at least 4 members (excludes halogenated alkanes) is 3. The van der Waals surface area contributed by atoms with Crippen LogP contribution in [0.4, 0.5) is 0 Å². The van der Waals surface area contributed by atoms with E-state index in [1.165, 1.54) is 25.7 Å². The van der Waals surface area contributed by atoms with Gasteiger partial charge >= 0.3 is 0 Å². The molecular formula is C24H34O3S2.